The summed E-state index contributed by atoms with van der Waals surface area (Å²) in [5.41, 5.74) is 1.27. The summed E-state index contributed by atoms with van der Waals surface area (Å²) in [5.74, 6) is 0. The second-order valence-electron chi connectivity index (χ2n) is 5.89. The molecule has 1 aromatic heterocycles. The maximum atomic E-state index is 10.5. The first kappa shape index (κ1) is 14.0. The van der Waals surface area contributed by atoms with Crippen LogP contribution < -0.4 is 0 Å². The molecule has 1 atom stereocenters. The quantitative estimate of drug-likeness (QED) is 0.885. The molecule has 1 aliphatic rings. The molecule has 1 N–H and O–H groups in total. The molecule has 1 aromatic rings. The summed E-state index contributed by atoms with van der Waals surface area (Å²) < 4.78 is 0. The van der Waals surface area contributed by atoms with Crippen LogP contribution in [0, 0.1) is 0 Å². The van der Waals surface area contributed by atoms with E-state index in [1.165, 1.54) is 24.8 Å². The fourth-order valence-corrected chi connectivity index (χ4v) is 3.48. The molecule has 3 heteroatoms. The van der Waals surface area contributed by atoms with Crippen LogP contribution in [-0.4, -0.2) is 34.7 Å². The number of thiophene rings is 1. The van der Waals surface area contributed by atoms with Crippen molar-refractivity contribution >= 4 is 11.3 Å². The maximum absolute atomic E-state index is 10.5. The van der Waals surface area contributed by atoms with Crippen LogP contribution in [0.3, 0.4) is 0 Å². The lowest BCUT2D eigenvalue weighted by Crippen LogP contribution is -2.54. The Morgan fingerprint density at radius 3 is 2.67 bits per heavy atom. The molecule has 1 saturated heterocycles. The van der Waals surface area contributed by atoms with Gasteiger partial charge in [0.1, 0.15) is 0 Å². The van der Waals surface area contributed by atoms with Crippen LogP contribution in [0.5, 0.6) is 0 Å². The molecule has 0 aromatic carbocycles. The fraction of sp³-hybridized carbons (Fsp3) is 0.733. The van der Waals surface area contributed by atoms with E-state index >= 15 is 0 Å². The summed E-state index contributed by atoms with van der Waals surface area (Å²) in [4.78, 5) is 2.47. The van der Waals surface area contributed by atoms with Crippen LogP contribution in [0.25, 0.3) is 0 Å². The second kappa shape index (κ2) is 6.18. The van der Waals surface area contributed by atoms with Gasteiger partial charge in [-0.25, -0.2) is 0 Å². The van der Waals surface area contributed by atoms with Gasteiger partial charge in [0, 0.05) is 5.54 Å². The molecule has 1 unspecified atom stereocenters. The van der Waals surface area contributed by atoms with Crippen LogP contribution in [0.15, 0.2) is 16.8 Å². The molecule has 0 spiro atoms. The fourth-order valence-electron chi connectivity index (χ4n) is 2.77. The Morgan fingerprint density at radius 2 is 2.06 bits per heavy atom. The lowest BCUT2D eigenvalue weighted by Gasteiger charge is -2.44. The van der Waals surface area contributed by atoms with Crippen molar-refractivity contribution in [1.82, 2.24) is 4.90 Å². The third kappa shape index (κ3) is 3.34. The number of aliphatic hydroxyl groups excluding tert-OH is 1. The number of likely N-dealkylation sites (tertiary alicyclic amines) is 1. The van der Waals surface area contributed by atoms with Gasteiger partial charge in [0.25, 0.3) is 0 Å². The van der Waals surface area contributed by atoms with Gasteiger partial charge < -0.3 is 5.11 Å². The van der Waals surface area contributed by atoms with Crippen molar-refractivity contribution in [1.29, 1.82) is 0 Å². The molecule has 2 rings (SSSR count). The topological polar surface area (TPSA) is 23.5 Å². The predicted molar refractivity (Wildman–Crippen MR) is 78.1 cm³/mol. The Kier molecular flexibility index (Phi) is 4.82. The van der Waals surface area contributed by atoms with Crippen molar-refractivity contribution in [3.63, 3.8) is 0 Å². The van der Waals surface area contributed by atoms with Crippen LogP contribution in [-0.2, 0) is 6.42 Å². The summed E-state index contributed by atoms with van der Waals surface area (Å²) in [5, 5.41) is 14.8. The largest absolute Gasteiger partial charge is 0.391 e. The minimum Gasteiger partial charge on any atom is -0.391 e. The molecular formula is C15H25NOS. The van der Waals surface area contributed by atoms with Gasteiger partial charge in [-0.3, -0.25) is 4.90 Å². The van der Waals surface area contributed by atoms with Gasteiger partial charge in [-0.2, -0.15) is 11.3 Å². The Bertz CT molecular complexity index is 341. The predicted octanol–water partition coefficient (Wildman–Crippen LogP) is 3.31. The highest BCUT2D eigenvalue weighted by Gasteiger charge is 2.34. The maximum Gasteiger partial charge on any atom is 0.0721 e. The molecule has 0 saturated carbocycles. The van der Waals surface area contributed by atoms with Gasteiger partial charge in [0.15, 0.2) is 0 Å². The molecule has 102 valence electrons. The van der Waals surface area contributed by atoms with Crippen molar-refractivity contribution in [3.8, 4) is 0 Å². The van der Waals surface area contributed by atoms with Crippen molar-refractivity contribution in [2.45, 2.75) is 57.6 Å². The van der Waals surface area contributed by atoms with E-state index in [-0.39, 0.29) is 11.6 Å². The number of rotatable bonds is 5. The molecule has 0 amide bonds. The normalized spacial score (nSPS) is 19.9. The monoisotopic (exact) mass is 267 g/mol. The molecule has 0 aliphatic carbocycles. The van der Waals surface area contributed by atoms with E-state index in [0.717, 1.165) is 25.9 Å². The average Bonchev–Trinajstić information content (AvgIpc) is 2.90. The van der Waals surface area contributed by atoms with Gasteiger partial charge in [-0.15, -0.1) is 0 Å². The van der Waals surface area contributed by atoms with Crippen LogP contribution in [0.2, 0.25) is 0 Å². The van der Waals surface area contributed by atoms with E-state index in [9.17, 15) is 5.11 Å². The third-order valence-corrected chi connectivity index (χ3v) is 5.01. The summed E-state index contributed by atoms with van der Waals surface area (Å²) in [7, 11) is 0. The molecule has 2 heterocycles. The number of hydrogen-bond donors (Lipinski definition) is 1. The summed E-state index contributed by atoms with van der Waals surface area (Å²) in [6.45, 7) is 6.66. The number of aryl methyl sites for hydroxylation is 1. The molecule has 2 nitrogen and oxygen atoms in total. The smallest absolute Gasteiger partial charge is 0.0721 e. The Balaban J connectivity index is 1.87. The Morgan fingerprint density at radius 1 is 1.33 bits per heavy atom. The minimum atomic E-state index is -0.240. The van der Waals surface area contributed by atoms with Gasteiger partial charge in [0.2, 0.25) is 0 Å². The van der Waals surface area contributed by atoms with Crippen LogP contribution in [0.4, 0.5) is 0 Å². The summed E-state index contributed by atoms with van der Waals surface area (Å²) >= 11 is 1.73. The molecular weight excluding hydrogens is 242 g/mol. The van der Waals surface area contributed by atoms with Crippen molar-refractivity contribution < 1.29 is 5.11 Å². The minimum absolute atomic E-state index is 0.0869. The van der Waals surface area contributed by atoms with E-state index < -0.39 is 0 Å². The molecule has 1 aliphatic heterocycles. The van der Waals surface area contributed by atoms with Gasteiger partial charge >= 0.3 is 0 Å². The number of aliphatic hydroxyl groups is 1. The van der Waals surface area contributed by atoms with E-state index in [0.29, 0.717) is 0 Å². The molecule has 0 bridgehead atoms. The zero-order valence-electron chi connectivity index (χ0n) is 11.6. The third-order valence-electron chi connectivity index (χ3n) is 4.27. The zero-order valence-corrected chi connectivity index (χ0v) is 12.4. The van der Waals surface area contributed by atoms with E-state index in [1.54, 1.807) is 11.3 Å². The van der Waals surface area contributed by atoms with E-state index in [1.807, 2.05) is 0 Å². The van der Waals surface area contributed by atoms with Crippen LogP contribution >= 0.6 is 11.3 Å². The number of hydrogen-bond acceptors (Lipinski definition) is 3. The number of nitrogens with zero attached hydrogens (tertiary/aromatic N) is 1. The lowest BCUT2D eigenvalue weighted by atomic mass is 9.89. The van der Waals surface area contributed by atoms with Gasteiger partial charge in [-0.05, 0) is 75.0 Å². The highest BCUT2D eigenvalue weighted by molar-refractivity contribution is 7.07. The Hall–Kier alpha value is -0.380. The second-order valence-corrected chi connectivity index (χ2v) is 6.67. The average molecular weight is 267 g/mol. The zero-order chi connectivity index (χ0) is 13.0. The molecule has 18 heavy (non-hydrogen) atoms. The standard InChI is InChI=1S/C15H25NOS/c1-15(2,16-9-4-3-5-10-16)14(17)7-6-13-8-11-18-12-13/h8,11-12,14,17H,3-7,9-10H2,1-2H3. The first-order valence-electron chi connectivity index (χ1n) is 7.05. The van der Waals surface area contributed by atoms with Gasteiger partial charge in [0.05, 0.1) is 6.10 Å². The van der Waals surface area contributed by atoms with E-state index in [2.05, 4.69) is 35.6 Å². The Labute approximate surface area is 115 Å². The van der Waals surface area contributed by atoms with Crippen molar-refractivity contribution in [3.05, 3.63) is 22.4 Å². The van der Waals surface area contributed by atoms with Crippen molar-refractivity contribution in [2.24, 2.45) is 0 Å². The highest BCUT2D eigenvalue weighted by Crippen LogP contribution is 2.26. The highest BCUT2D eigenvalue weighted by atomic mass is 32.1. The lowest BCUT2D eigenvalue weighted by molar-refractivity contribution is -0.0228. The summed E-state index contributed by atoms with van der Waals surface area (Å²) in [6, 6.07) is 2.16. The van der Waals surface area contributed by atoms with Crippen molar-refractivity contribution in [2.75, 3.05) is 13.1 Å². The summed E-state index contributed by atoms with van der Waals surface area (Å²) in [6.07, 6.45) is 5.51. The first-order valence-corrected chi connectivity index (χ1v) is 7.99. The molecule has 1 fully saturated rings. The number of piperidine rings is 1. The van der Waals surface area contributed by atoms with Gasteiger partial charge in [-0.1, -0.05) is 6.42 Å². The molecule has 0 radical (unpaired) electrons. The first-order chi connectivity index (χ1) is 8.60. The van der Waals surface area contributed by atoms with E-state index in [4.69, 9.17) is 0 Å². The SMILES string of the molecule is CC(C)(C(O)CCc1ccsc1)N1CCCCC1. The van der Waals surface area contributed by atoms with Crippen LogP contribution in [0.1, 0.15) is 45.1 Å².